The van der Waals surface area contributed by atoms with E-state index in [9.17, 15) is 0 Å². The van der Waals surface area contributed by atoms with Crippen molar-refractivity contribution in [1.29, 1.82) is 0 Å². The van der Waals surface area contributed by atoms with E-state index in [1.165, 1.54) is 0 Å². The van der Waals surface area contributed by atoms with E-state index in [4.69, 9.17) is 4.74 Å². The first-order valence-corrected chi connectivity index (χ1v) is 2.03. The third-order valence-corrected chi connectivity index (χ3v) is 0.737. The Hall–Kier alpha value is 0.0674. The van der Waals surface area contributed by atoms with E-state index in [-0.39, 0.29) is 0 Å². The molecule has 0 spiro atoms. The molecule has 0 fully saturated rings. The predicted octanol–water partition coefficient (Wildman–Crippen LogP) is -0.459. The quantitative estimate of drug-likeness (QED) is 0.358. The van der Waals surface area contributed by atoms with Crippen molar-refractivity contribution in [3.05, 3.63) is 0 Å². The molecule has 0 aliphatic carbocycles. The van der Waals surface area contributed by atoms with E-state index >= 15 is 0 Å². The molecule has 1 rings (SSSR count). The molecule has 1 heterocycles. The molecule has 6 heavy (non-hydrogen) atoms. The first kappa shape index (κ1) is 4.23. The molecule has 0 radical (unpaired) electrons. The fourth-order valence-electron chi connectivity index (χ4n) is 0.442. The number of rotatable bonds is 0. The molecule has 0 aromatic rings. The van der Waals surface area contributed by atoms with E-state index in [1.54, 1.807) is 0 Å². The van der Waals surface area contributed by atoms with Crippen LogP contribution in [0.25, 0.3) is 0 Å². The Bertz CT molecular complexity index is 80.9. The summed E-state index contributed by atoms with van der Waals surface area (Å²) < 4.78 is 5.73. The normalized spacial score (nSPS) is 20.0. The van der Waals surface area contributed by atoms with Gasteiger partial charge >= 0.3 is 45.2 Å². The average molecular weight is 77.0 g/mol. The first-order chi connectivity index (χ1) is 2.89. The van der Waals surface area contributed by atoms with Crippen LogP contribution in [0.2, 0.25) is 0 Å². The van der Waals surface area contributed by atoms with E-state index < -0.39 is 0 Å². The molecule has 0 saturated carbocycles. The molecule has 0 amide bonds. The van der Waals surface area contributed by atoms with Crippen LogP contribution in [0.1, 0.15) is 0 Å². The third-order valence-electron chi connectivity index (χ3n) is 0.737. The first-order valence-electron chi connectivity index (χ1n) is 2.03. The van der Waals surface area contributed by atoms with E-state index in [0.717, 1.165) is 17.7 Å². The molecule has 2 nitrogen and oxygen atoms in total. The van der Waals surface area contributed by atoms with Gasteiger partial charge in [-0.2, -0.15) is 0 Å². The number of aliphatic imine (C=N–C) groups is 1. The van der Waals surface area contributed by atoms with E-state index in [1.807, 2.05) is 17.7 Å². The Labute approximate surface area is 45.8 Å². The van der Waals surface area contributed by atoms with Gasteiger partial charge in [-0.3, -0.25) is 0 Å². The minimum atomic E-state index is 0.784. The molecule has 28 valence electrons. The molecule has 0 atom stereocenters. The van der Waals surface area contributed by atoms with Gasteiger partial charge in [-0.25, -0.2) is 0 Å². The number of nitrogens with zero attached hydrogens (tertiary/aromatic N) is 1. The zero-order valence-electron chi connectivity index (χ0n) is 3.77. The molecule has 0 saturated heterocycles. The van der Waals surface area contributed by atoms with Crippen LogP contribution in [-0.4, -0.2) is 35.4 Å². The van der Waals surface area contributed by atoms with Gasteiger partial charge in [-0.05, 0) is 0 Å². The van der Waals surface area contributed by atoms with Crippen LogP contribution in [0.5, 0.6) is 0 Å². The van der Waals surface area contributed by atoms with Gasteiger partial charge in [0.1, 0.15) is 0 Å². The van der Waals surface area contributed by atoms with Crippen LogP contribution in [0.3, 0.4) is 0 Å². The van der Waals surface area contributed by atoms with Gasteiger partial charge in [0.15, 0.2) is 0 Å². The molecule has 0 aromatic carbocycles. The Morgan fingerprint density at radius 3 is 2.83 bits per heavy atom. The zero-order chi connectivity index (χ0) is 4.41. The van der Waals surface area contributed by atoms with Crippen molar-refractivity contribution in [2.24, 2.45) is 4.99 Å². The zero-order valence-corrected chi connectivity index (χ0v) is 3.77. The fourth-order valence-corrected chi connectivity index (χ4v) is 0.442. The molecular formula is C3H4LiNO. The summed E-state index contributed by atoms with van der Waals surface area (Å²) in [4.78, 5) is 3.93. The van der Waals surface area contributed by atoms with Crippen LogP contribution in [0, 0.1) is 0 Å². The van der Waals surface area contributed by atoms with Crippen molar-refractivity contribution in [3.63, 3.8) is 0 Å². The van der Waals surface area contributed by atoms with Crippen molar-refractivity contribution in [2.75, 3.05) is 13.2 Å². The van der Waals surface area contributed by atoms with Gasteiger partial charge in [-0.15, -0.1) is 0 Å². The summed E-state index contributed by atoms with van der Waals surface area (Å²) in [5.74, 6) is 0. The van der Waals surface area contributed by atoms with Crippen molar-refractivity contribution in [1.82, 2.24) is 0 Å². The summed E-state index contributed by atoms with van der Waals surface area (Å²) in [6, 6.07) is 0. The van der Waals surface area contributed by atoms with Gasteiger partial charge in [0, 0.05) is 0 Å². The molecule has 0 N–H and O–H groups in total. The monoisotopic (exact) mass is 77.0 g/mol. The van der Waals surface area contributed by atoms with Crippen LogP contribution in [0.15, 0.2) is 4.99 Å². The van der Waals surface area contributed by atoms with Gasteiger partial charge in [0.2, 0.25) is 0 Å². The number of hydrogen-bond donors (Lipinski definition) is 0. The minimum absolute atomic E-state index is 0.784. The number of hydrogen-bond acceptors (Lipinski definition) is 2. The maximum atomic E-state index is 4.90. The van der Waals surface area contributed by atoms with Crippen LogP contribution < -0.4 is 0 Å². The summed E-state index contributed by atoms with van der Waals surface area (Å²) >= 11 is 1.87. The van der Waals surface area contributed by atoms with Crippen molar-refractivity contribution >= 4 is 22.3 Å². The summed E-state index contributed by atoms with van der Waals surface area (Å²) in [5.41, 5.74) is 0. The second-order valence-electron chi connectivity index (χ2n) is 1.25. The van der Waals surface area contributed by atoms with Gasteiger partial charge in [-0.1, -0.05) is 0 Å². The molecular weight excluding hydrogens is 73.0 g/mol. The molecule has 1 aliphatic rings. The summed E-state index contributed by atoms with van der Waals surface area (Å²) in [6.45, 7) is 1.64. The Morgan fingerprint density at radius 2 is 2.67 bits per heavy atom. The SMILES string of the molecule is [Li][C]1=NCCO1. The molecule has 3 heteroatoms. The third kappa shape index (κ3) is 0.766. The second kappa shape index (κ2) is 1.68. The molecule has 0 unspecified atom stereocenters. The van der Waals surface area contributed by atoms with Crippen molar-refractivity contribution in [2.45, 2.75) is 0 Å². The second-order valence-corrected chi connectivity index (χ2v) is 1.25. The predicted molar refractivity (Wildman–Crippen MR) is 24.0 cm³/mol. The average Bonchev–Trinajstić information content (AvgIpc) is 1.86. The Morgan fingerprint density at radius 1 is 1.83 bits per heavy atom. The Kier molecular flexibility index (Phi) is 1.18. The molecule has 0 bridgehead atoms. The standard InChI is InChI=1S/C3H4NO.Li/c1-2-5-3-4-1;/h1-2H2;. The number of ether oxygens (including phenoxy) is 1. The summed E-state index contributed by atoms with van der Waals surface area (Å²) in [5, 5.41) is 0. The van der Waals surface area contributed by atoms with Crippen molar-refractivity contribution in [3.8, 4) is 0 Å². The van der Waals surface area contributed by atoms with E-state index in [0.29, 0.717) is 0 Å². The summed E-state index contributed by atoms with van der Waals surface area (Å²) in [7, 11) is 0. The van der Waals surface area contributed by atoms with Crippen LogP contribution >= 0.6 is 0 Å². The topological polar surface area (TPSA) is 21.6 Å². The van der Waals surface area contributed by atoms with Crippen LogP contribution in [-0.2, 0) is 4.74 Å². The van der Waals surface area contributed by atoms with Gasteiger partial charge in [0.05, 0.1) is 0 Å². The van der Waals surface area contributed by atoms with Gasteiger partial charge < -0.3 is 0 Å². The maximum absolute atomic E-state index is 4.90. The molecule has 0 aromatic heterocycles. The molecule has 1 aliphatic heterocycles. The van der Waals surface area contributed by atoms with Gasteiger partial charge in [0.25, 0.3) is 0 Å². The van der Waals surface area contributed by atoms with Crippen LogP contribution in [0.4, 0.5) is 0 Å². The summed E-state index contributed by atoms with van der Waals surface area (Å²) in [6.07, 6.45) is 0. The fraction of sp³-hybridized carbons (Fsp3) is 0.667. The van der Waals surface area contributed by atoms with Crippen molar-refractivity contribution < 1.29 is 4.74 Å². The van der Waals surface area contributed by atoms with E-state index in [2.05, 4.69) is 4.99 Å². The Balaban J connectivity index is 2.45.